The normalized spacial score (nSPS) is 10.4. The van der Waals surface area contributed by atoms with Gasteiger partial charge in [0.25, 0.3) is 0 Å². The zero-order valence-corrected chi connectivity index (χ0v) is 11.0. The number of nitrogens with zero attached hydrogens (tertiary/aromatic N) is 1. The molecule has 0 aliphatic heterocycles. The van der Waals surface area contributed by atoms with Gasteiger partial charge in [-0.3, -0.25) is 0 Å². The lowest BCUT2D eigenvalue weighted by atomic mass is 10.1. The molecule has 0 aliphatic carbocycles. The van der Waals surface area contributed by atoms with Crippen molar-refractivity contribution in [2.45, 2.75) is 13.8 Å². The van der Waals surface area contributed by atoms with Crippen LogP contribution in [-0.4, -0.2) is 38.1 Å². The van der Waals surface area contributed by atoms with Gasteiger partial charge in [0.1, 0.15) is 0 Å². The fourth-order valence-corrected chi connectivity index (χ4v) is 1.43. The lowest BCUT2D eigenvalue weighted by molar-refractivity contribution is 0.250. The number of rotatable bonds is 4. The average molecular weight is 235 g/mol. The molecule has 0 radical (unpaired) electrons. The van der Waals surface area contributed by atoms with Crippen LogP contribution < -0.4 is 10.6 Å². The lowest BCUT2D eigenvalue weighted by Gasteiger charge is -2.12. The first-order valence-corrected chi connectivity index (χ1v) is 5.76. The van der Waals surface area contributed by atoms with Crippen molar-refractivity contribution < 1.29 is 4.79 Å². The minimum Gasteiger partial charge on any atom is -0.337 e. The van der Waals surface area contributed by atoms with Gasteiger partial charge in [-0.1, -0.05) is 12.1 Å². The second-order valence-corrected chi connectivity index (χ2v) is 4.50. The van der Waals surface area contributed by atoms with Gasteiger partial charge in [-0.25, -0.2) is 4.79 Å². The highest BCUT2D eigenvalue weighted by Crippen LogP contribution is 2.15. The van der Waals surface area contributed by atoms with Gasteiger partial charge < -0.3 is 15.5 Å². The van der Waals surface area contributed by atoms with Crippen LogP contribution in [0.25, 0.3) is 0 Å². The third-order valence-electron chi connectivity index (χ3n) is 2.49. The molecule has 0 fully saturated rings. The number of likely N-dealkylation sites (N-methyl/N-ethyl adjacent to an activating group) is 1. The highest BCUT2D eigenvalue weighted by atomic mass is 16.2. The quantitative estimate of drug-likeness (QED) is 0.838. The fraction of sp³-hybridized carbons (Fsp3) is 0.462. The summed E-state index contributed by atoms with van der Waals surface area (Å²) in [5.41, 5.74) is 3.07. The SMILES string of the molecule is Cc1ccc(C)c(NC(=O)NCCN(C)C)c1. The number of amides is 2. The highest BCUT2D eigenvalue weighted by molar-refractivity contribution is 5.90. The Morgan fingerprint density at radius 2 is 2.00 bits per heavy atom. The first-order valence-electron chi connectivity index (χ1n) is 5.76. The van der Waals surface area contributed by atoms with E-state index in [1.54, 1.807) is 0 Å². The van der Waals surface area contributed by atoms with E-state index in [-0.39, 0.29) is 6.03 Å². The predicted octanol–water partition coefficient (Wildman–Crippen LogP) is 1.99. The summed E-state index contributed by atoms with van der Waals surface area (Å²) in [6.45, 7) is 5.47. The fourth-order valence-electron chi connectivity index (χ4n) is 1.43. The monoisotopic (exact) mass is 235 g/mol. The van der Waals surface area contributed by atoms with Crippen molar-refractivity contribution in [1.82, 2.24) is 10.2 Å². The second kappa shape index (κ2) is 6.25. The Balaban J connectivity index is 2.47. The molecule has 0 aliphatic rings. The molecule has 0 atom stereocenters. The highest BCUT2D eigenvalue weighted by Gasteiger charge is 2.03. The van der Waals surface area contributed by atoms with Gasteiger partial charge in [0, 0.05) is 18.8 Å². The summed E-state index contributed by atoms with van der Waals surface area (Å²) in [6, 6.07) is 5.86. The summed E-state index contributed by atoms with van der Waals surface area (Å²) >= 11 is 0. The van der Waals surface area contributed by atoms with Crippen molar-refractivity contribution in [2.75, 3.05) is 32.5 Å². The molecule has 1 rings (SSSR count). The standard InChI is InChI=1S/C13H21N3O/c1-10-5-6-11(2)12(9-10)15-13(17)14-7-8-16(3)4/h5-6,9H,7-8H2,1-4H3,(H2,14,15,17). The maximum absolute atomic E-state index is 11.6. The van der Waals surface area contributed by atoms with Gasteiger partial charge in [0.15, 0.2) is 0 Å². The molecule has 2 amide bonds. The van der Waals surface area contributed by atoms with E-state index in [0.29, 0.717) is 6.54 Å². The van der Waals surface area contributed by atoms with Crippen molar-refractivity contribution in [3.8, 4) is 0 Å². The summed E-state index contributed by atoms with van der Waals surface area (Å²) in [4.78, 5) is 13.6. The minimum atomic E-state index is -0.152. The molecule has 4 heteroatoms. The zero-order chi connectivity index (χ0) is 12.8. The molecular formula is C13H21N3O. The molecule has 0 saturated heterocycles. The van der Waals surface area contributed by atoms with Crippen molar-refractivity contribution in [1.29, 1.82) is 0 Å². The first-order chi connectivity index (χ1) is 7.99. The molecular weight excluding hydrogens is 214 g/mol. The summed E-state index contributed by atoms with van der Waals surface area (Å²) < 4.78 is 0. The molecule has 0 unspecified atom stereocenters. The number of anilines is 1. The molecule has 1 aromatic rings. The molecule has 4 nitrogen and oxygen atoms in total. The van der Waals surface area contributed by atoms with Crippen LogP contribution in [0, 0.1) is 13.8 Å². The zero-order valence-electron chi connectivity index (χ0n) is 11.0. The number of carbonyl (C=O) groups is 1. The van der Waals surface area contributed by atoms with Crippen molar-refractivity contribution in [3.05, 3.63) is 29.3 Å². The van der Waals surface area contributed by atoms with Crippen LogP contribution in [-0.2, 0) is 0 Å². The van der Waals surface area contributed by atoms with E-state index >= 15 is 0 Å². The number of aryl methyl sites for hydroxylation is 2. The van der Waals surface area contributed by atoms with Gasteiger partial charge >= 0.3 is 6.03 Å². The smallest absolute Gasteiger partial charge is 0.319 e. The molecule has 0 bridgehead atoms. The topological polar surface area (TPSA) is 44.4 Å². The number of benzene rings is 1. The van der Waals surface area contributed by atoms with Gasteiger partial charge in [0.05, 0.1) is 0 Å². The molecule has 17 heavy (non-hydrogen) atoms. The minimum absolute atomic E-state index is 0.152. The summed E-state index contributed by atoms with van der Waals surface area (Å²) in [6.07, 6.45) is 0. The van der Waals surface area contributed by atoms with Crippen LogP contribution in [0.2, 0.25) is 0 Å². The second-order valence-electron chi connectivity index (χ2n) is 4.50. The number of hydrogen-bond donors (Lipinski definition) is 2. The Bertz CT molecular complexity index is 388. The first kappa shape index (κ1) is 13.5. The van der Waals surface area contributed by atoms with Gasteiger partial charge in [0.2, 0.25) is 0 Å². The third-order valence-corrected chi connectivity index (χ3v) is 2.49. The van der Waals surface area contributed by atoms with E-state index < -0.39 is 0 Å². The van der Waals surface area contributed by atoms with E-state index in [1.807, 2.05) is 51.0 Å². The Morgan fingerprint density at radius 3 is 2.65 bits per heavy atom. The number of nitrogens with one attached hydrogen (secondary N) is 2. The van der Waals surface area contributed by atoms with Crippen molar-refractivity contribution in [3.63, 3.8) is 0 Å². The maximum atomic E-state index is 11.6. The van der Waals surface area contributed by atoms with Crippen LogP contribution in [0.1, 0.15) is 11.1 Å². The van der Waals surface area contributed by atoms with Crippen LogP contribution in [0.4, 0.5) is 10.5 Å². The van der Waals surface area contributed by atoms with E-state index in [4.69, 9.17) is 0 Å². The van der Waals surface area contributed by atoms with Gasteiger partial charge in [-0.15, -0.1) is 0 Å². The number of urea groups is 1. The Hall–Kier alpha value is -1.55. The molecule has 0 spiro atoms. The van der Waals surface area contributed by atoms with E-state index in [1.165, 1.54) is 0 Å². The van der Waals surface area contributed by atoms with E-state index in [2.05, 4.69) is 10.6 Å². The van der Waals surface area contributed by atoms with Crippen LogP contribution in [0.5, 0.6) is 0 Å². The lowest BCUT2D eigenvalue weighted by Crippen LogP contribution is -2.34. The Kier molecular flexibility index (Phi) is 4.97. The molecule has 2 N–H and O–H groups in total. The largest absolute Gasteiger partial charge is 0.337 e. The number of hydrogen-bond acceptors (Lipinski definition) is 2. The third kappa shape index (κ3) is 4.87. The number of carbonyl (C=O) groups excluding carboxylic acids is 1. The van der Waals surface area contributed by atoms with Crippen molar-refractivity contribution in [2.24, 2.45) is 0 Å². The van der Waals surface area contributed by atoms with Crippen LogP contribution >= 0.6 is 0 Å². The van der Waals surface area contributed by atoms with Gasteiger partial charge in [-0.2, -0.15) is 0 Å². The van der Waals surface area contributed by atoms with Crippen molar-refractivity contribution >= 4 is 11.7 Å². The van der Waals surface area contributed by atoms with E-state index in [9.17, 15) is 4.79 Å². The molecule has 0 saturated carbocycles. The van der Waals surface area contributed by atoms with Gasteiger partial charge in [-0.05, 0) is 45.1 Å². The van der Waals surface area contributed by atoms with E-state index in [0.717, 1.165) is 23.4 Å². The maximum Gasteiger partial charge on any atom is 0.319 e. The van der Waals surface area contributed by atoms with Crippen LogP contribution in [0.3, 0.4) is 0 Å². The predicted molar refractivity (Wildman–Crippen MR) is 71.5 cm³/mol. The Morgan fingerprint density at radius 1 is 1.29 bits per heavy atom. The average Bonchev–Trinajstić information content (AvgIpc) is 2.23. The Labute approximate surface area is 103 Å². The molecule has 0 aromatic heterocycles. The summed E-state index contributed by atoms with van der Waals surface area (Å²) in [5, 5.41) is 5.67. The summed E-state index contributed by atoms with van der Waals surface area (Å²) in [5.74, 6) is 0. The molecule has 94 valence electrons. The van der Waals surface area contributed by atoms with Crippen LogP contribution in [0.15, 0.2) is 18.2 Å². The molecule has 0 heterocycles. The molecule has 1 aromatic carbocycles. The summed E-state index contributed by atoms with van der Waals surface area (Å²) in [7, 11) is 3.95.